The van der Waals surface area contributed by atoms with Crippen molar-refractivity contribution in [1.29, 1.82) is 0 Å². The first-order chi connectivity index (χ1) is 8.61. The molecule has 3 rings (SSSR count). The zero-order chi connectivity index (χ0) is 12.9. The summed E-state index contributed by atoms with van der Waals surface area (Å²) in [7, 11) is 2.01. The minimum Gasteiger partial charge on any atom is -0.481 e. The maximum Gasteiger partial charge on any atom is 0.311 e. The summed E-state index contributed by atoms with van der Waals surface area (Å²) in [6, 6.07) is 8.07. The molecule has 0 aliphatic heterocycles. The van der Waals surface area contributed by atoms with Crippen molar-refractivity contribution in [2.24, 2.45) is 13.0 Å². The highest BCUT2D eigenvalue weighted by Crippen LogP contribution is 2.46. The molecule has 1 unspecified atom stereocenters. The summed E-state index contributed by atoms with van der Waals surface area (Å²) in [6.45, 7) is 2.02. The van der Waals surface area contributed by atoms with Crippen LogP contribution < -0.4 is 0 Å². The molecule has 1 aromatic carbocycles. The summed E-state index contributed by atoms with van der Waals surface area (Å²) in [4.78, 5) is 11.6. The van der Waals surface area contributed by atoms with Gasteiger partial charge in [0.25, 0.3) is 0 Å². The Bertz CT molecular complexity index is 623. The molecular weight excluding hydrogens is 226 g/mol. The lowest BCUT2D eigenvalue weighted by Crippen LogP contribution is -2.14. The summed E-state index contributed by atoms with van der Waals surface area (Å²) < 4.78 is 2.10. The van der Waals surface area contributed by atoms with Gasteiger partial charge in [0.2, 0.25) is 0 Å². The van der Waals surface area contributed by atoms with Gasteiger partial charge in [0.15, 0.2) is 0 Å². The lowest BCUT2D eigenvalue weighted by Gasteiger charge is -2.12. The van der Waals surface area contributed by atoms with Crippen LogP contribution in [-0.2, 0) is 11.8 Å². The SMILES string of the molecule is Cc1c(C(C(=O)O)C2CC2)c2ccccc2n1C. The number of carbonyl (C=O) groups is 1. The number of aromatic nitrogens is 1. The van der Waals surface area contributed by atoms with Gasteiger partial charge >= 0.3 is 5.97 Å². The van der Waals surface area contributed by atoms with Crippen molar-refractivity contribution < 1.29 is 9.90 Å². The molecule has 1 heterocycles. The van der Waals surface area contributed by atoms with Crippen LogP contribution >= 0.6 is 0 Å². The van der Waals surface area contributed by atoms with E-state index in [2.05, 4.69) is 10.6 Å². The normalized spacial score (nSPS) is 17.0. The van der Waals surface area contributed by atoms with E-state index in [9.17, 15) is 9.90 Å². The molecule has 2 aromatic rings. The van der Waals surface area contributed by atoms with E-state index in [1.54, 1.807) is 0 Å². The van der Waals surface area contributed by atoms with Crippen LogP contribution in [0.25, 0.3) is 10.9 Å². The number of nitrogens with zero attached hydrogens (tertiary/aromatic N) is 1. The first-order valence-corrected chi connectivity index (χ1v) is 6.38. The largest absolute Gasteiger partial charge is 0.481 e. The molecule has 1 aromatic heterocycles. The van der Waals surface area contributed by atoms with Crippen LogP contribution in [0.1, 0.15) is 30.0 Å². The number of rotatable bonds is 3. The van der Waals surface area contributed by atoms with Crippen LogP contribution in [0, 0.1) is 12.8 Å². The van der Waals surface area contributed by atoms with Crippen LogP contribution in [0.2, 0.25) is 0 Å². The quantitative estimate of drug-likeness (QED) is 0.900. The smallest absolute Gasteiger partial charge is 0.311 e. The lowest BCUT2D eigenvalue weighted by atomic mass is 9.92. The van der Waals surface area contributed by atoms with Crippen molar-refractivity contribution in [1.82, 2.24) is 4.57 Å². The molecule has 1 fully saturated rings. The van der Waals surface area contributed by atoms with Crippen LogP contribution in [0.3, 0.4) is 0 Å². The van der Waals surface area contributed by atoms with Gasteiger partial charge in [-0.1, -0.05) is 18.2 Å². The Morgan fingerprint density at radius 1 is 1.39 bits per heavy atom. The molecule has 1 aliphatic carbocycles. The van der Waals surface area contributed by atoms with Crippen molar-refractivity contribution in [3.8, 4) is 0 Å². The van der Waals surface area contributed by atoms with E-state index in [0.29, 0.717) is 5.92 Å². The van der Waals surface area contributed by atoms with Crippen molar-refractivity contribution in [2.75, 3.05) is 0 Å². The second kappa shape index (κ2) is 3.87. The Morgan fingerprint density at radius 3 is 2.67 bits per heavy atom. The first-order valence-electron chi connectivity index (χ1n) is 6.38. The van der Waals surface area contributed by atoms with Crippen molar-refractivity contribution in [3.05, 3.63) is 35.5 Å². The summed E-state index contributed by atoms with van der Waals surface area (Å²) in [5.74, 6) is -0.694. The van der Waals surface area contributed by atoms with Gasteiger partial charge in [-0.05, 0) is 37.3 Å². The van der Waals surface area contributed by atoms with E-state index in [1.165, 1.54) is 0 Å². The maximum absolute atomic E-state index is 11.6. The fourth-order valence-corrected chi connectivity index (χ4v) is 2.93. The maximum atomic E-state index is 11.6. The zero-order valence-corrected chi connectivity index (χ0v) is 10.7. The van der Waals surface area contributed by atoms with E-state index in [1.807, 2.05) is 32.2 Å². The van der Waals surface area contributed by atoms with Gasteiger partial charge < -0.3 is 9.67 Å². The number of aliphatic carboxylic acids is 1. The Kier molecular flexibility index (Phi) is 2.44. The van der Waals surface area contributed by atoms with Gasteiger partial charge in [-0.25, -0.2) is 0 Å². The average molecular weight is 243 g/mol. The Morgan fingerprint density at radius 2 is 2.06 bits per heavy atom. The van der Waals surface area contributed by atoms with Crippen molar-refractivity contribution in [3.63, 3.8) is 0 Å². The number of para-hydroxylation sites is 1. The molecule has 1 saturated carbocycles. The van der Waals surface area contributed by atoms with Crippen LogP contribution in [-0.4, -0.2) is 15.6 Å². The van der Waals surface area contributed by atoms with E-state index in [4.69, 9.17) is 0 Å². The molecule has 0 amide bonds. The highest BCUT2D eigenvalue weighted by molar-refractivity contribution is 5.91. The number of carboxylic acid groups (broad SMARTS) is 1. The highest BCUT2D eigenvalue weighted by atomic mass is 16.4. The number of hydrogen-bond acceptors (Lipinski definition) is 1. The summed E-state index contributed by atoms with van der Waals surface area (Å²) in [5, 5.41) is 10.6. The van der Waals surface area contributed by atoms with Gasteiger partial charge in [-0.2, -0.15) is 0 Å². The molecule has 3 heteroatoms. The molecule has 0 bridgehead atoms. The molecule has 18 heavy (non-hydrogen) atoms. The second-order valence-corrected chi connectivity index (χ2v) is 5.23. The summed E-state index contributed by atoms with van der Waals surface area (Å²) in [6.07, 6.45) is 2.08. The molecule has 1 aliphatic rings. The van der Waals surface area contributed by atoms with E-state index in [0.717, 1.165) is 35.0 Å². The van der Waals surface area contributed by atoms with E-state index < -0.39 is 5.97 Å². The number of fused-ring (bicyclic) bond motifs is 1. The predicted molar refractivity (Wildman–Crippen MR) is 70.8 cm³/mol. The first kappa shape index (κ1) is 11.3. The zero-order valence-electron chi connectivity index (χ0n) is 10.7. The summed E-state index contributed by atoms with van der Waals surface area (Å²) in [5.41, 5.74) is 3.22. The molecule has 3 nitrogen and oxygen atoms in total. The lowest BCUT2D eigenvalue weighted by molar-refractivity contribution is -0.139. The minimum absolute atomic E-state index is 0.326. The number of aryl methyl sites for hydroxylation is 1. The molecule has 0 spiro atoms. The third kappa shape index (κ3) is 1.54. The number of hydrogen-bond donors (Lipinski definition) is 1. The Balaban J connectivity index is 2.27. The minimum atomic E-state index is -0.683. The fourth-order valence-electron chi connectivity index (χ4n) is 2.93. The van der Waals surface area contributed by atoms with Crippen molar-refractivity contribution in [2.45, 2.75) is 25.7 Å². The standard InChI is InChI=1S/C15H17NO2/c1-9-13(14(15(17)18)10-7-8-10)11-5-3-4-6-12(11)16(9)2/h3-6,10,14H,7-8H2,1-2H3,(H,17,18). The van der Waals surface area contributed by atoms with Gasteiger partial charge in [0.05, 0.1) is 5.92 Å². The Labute approximate surface area is 106 Å². The molecule has 94 valence electrons. The van der Waals surface area contributed by atoms with Gasteiger partial charge in [0, 0.05) is 23.6 Å². The summed E-state index contributed by atoms with van der Waals surface area (Å²) >= 11 is 0. The molecule has 1 N–H and O–H groups in total. The number of carboxylic acids is 1. The van der Waals surface area contributed by atoms with Gasteiger partial charge in [-0.3, -0.25) is 4.79 Å². The predicted octanol–water partition coefficient (Wildman–Crippen LogP) is 3.06. The average Bonchev–Trinajstić information content (AvgIpc) is 3.14. The van der Waals surface area contributed by atoms with Crippen LogP contribution in [0.5, 0.6) is 0 Å². The highest BCUT2D eigenvalue weighted by Gasteiger charge is 2.39. The van der Waals surface area contributed by atoms with Crippen molar-refractivity contribution >= 4 is 16.9 Å². The second-order valence-electron chi connectivity index (χ2n) is 5.23. The number of benzene rings is 1. The fraction of sp³-hybridized carbons (Fsp3) is 0.400. The van der Waals surface area contributed by atoms with Gasteiger partial charge in [-0.15, -0.1) is 0 Å². The topological polar surface area (TPSA) is 42.2 Å². The van der Waals surface area contributed by atoms with E-state index in [-0.39, 0.29) is 5.92 Å². The van der Waals surface area contributed by atoms with E-state index >= 15 is 0 Å². The van der Waals surface area contributed by atoms with Crippen LogP contribution in [0.4, 0.5) is 0 Å². The third-order valence-corrected chi connectivity index (χ3v) is 4.12. The monoisotopic (exact) mass is 243 g/mol. The molecular formula is C15H17NO2. The molecule has 0 radical (unpaired) electrons. The van der Waals surface area contributed by atoms with Gasteiger partial charge in [0.1, 0.15) is 0 Å². The third-order valence-electron chi connectivity index (χ3n) is 4.12. The Hall–Kier alpha value is -1.77. The molecule has 1 atom stereocenters. The molecule has 0 saturated heterocycles. The van der Waals surface area contributed by atoms with Crippen LogP contribution in [0.15, 0.2) is 24.3 Å².